The minimum atomic E-state index is -0.238. The Morgan fingerprint density at radius 3 is 2.42 bits per heavy atom. The second-order valence-electron chi connectivity index (χ2n) is 4.72. The van der Waals surface area contributed by atoms with Crippen molar-refractivity contribution in [3.05, 3.63) is 72.1 Å². The van der Waals surface area contributed by atoms with Gasteiger partial charge in [-0.15, -0.1) is 0 Å². The van der Waals surface area contributed by atoms with Crippen molar-refractivity contribution in [3.8, 4) is 0 Å². The summed E-state index contributed by atoms with van der Waals surface area (Å²) in [7, 11) is 0. The molecule has 98 valence electrons. The van der Waals surface area contributed by atoms with Crippen LogP contribution >= 0.6 is 0 Å². The van der Waals surface area contributed by atoms with Crippen LogP contribution in [0.1, 0.15) is 31.0 Å². The van der Waals surface area contributed by atoms with Gasteiger partial charge >= 0.3 is 0 Å². The van der Waals surface area contributed by atoms with Crippen molar-refractivity contribution in [2.24, 2.45) is 0 Å². The number of hydrogen-bond acceptors (Lipinski definition) is 1. The molecule has 2 aromatic rings. The van der Waals surface area contributed by atoms with Gasteiger partial charge in [0.2, 0.25) is 0 Å². The summed E-state index contributed by atoms with van der Waals surface area (Å²) in [5.74, 6) is -0.238. The lowest BCUT2D eigenvalue weighted by Crippen LogP contribution is -2.08. The highest BCUT2D eigenvalue weighted by molar-refractivity contribution is 5.66. The lowest BCUT2D eigenvalue weighted by molar-refractivity contribution is 0.624. The lowest BCUT2D eigenvalue weighted by atomic mass is 10.1. The van der Waals surface area contributed by atoms with Gasteiger partial charge in [-0.25, -0.2) is 4.39 Å². The predicted molar refractivity (Wildman–Crippen MR) is 79.6 cm³/mol. The lowest BCUT2D eigenvalue weighted by Gasteiger charge is -2.17. The highest BCUT2D eigenvalue weighted by Gasteiger charge is 2.11. The van der Waals surface area contributed by atoms with Crippen LogP contribution in [0.5, 0.6) is 0 Å². The summed E-state index contributed by atoms with van der Waals surface area (Å²) in [5, 5.41) is 3.21. The molecular weight excluding hydrogens is 237 g/mol. The summed E-state index contributed by atoms with van der Waals surface area (Å²) in [6.07, 6.45) is 0. The number of halogens is 1. The number of hydrogen-bond donors (Lipinski definition) is 1. The van der Waals surface area contributed by atoms with Gasteiger partial charge in [0.05, 0.1) is 5.69 Å². The van der Waals surface area contributed by atoms with Gasteiger partial charge in [0.1, 0.15) is 0 Å². The average Bonchev–Trinajstić information content (AvgIpc) is 2.41. The zero-order valence-electron chi connectivity index (χ0n) is 11.3. The topological polar surface area (TPSA) is 12.0 Å². The first-order valence-electron chi connectivity index (χ1n) is 6.35. The number of rotatable bonds is 4. The maximum atomic E-state index is 14.3. The number of anilines is 1. The Morgan fingerprint density at radius 1 is 1.11 bits per heavy atom. The van der Waals surface area contributed by atoms with Crippen LogP contribution in [0.2, 0.25) is 0 Å². The van der Waals surface area contributed by atoms with Gasteiger partial charge in [-0.1, -0.05) is 49.0 Å². The average molecular weight is 255 g/mol. The van der Waals surface area contributed by atoms with Crippen LogP contribution in [0.4, 0.5) is 10.1 Å². The number of allylic oxidation sites excluding steroid dienone is 1. The van der Waals surface area contributed by atoms with Crippen molar-refractivity contribution in [2.45, 2.75) is 19.9 Å². The van der Waals surface area contributed by atoms with Gasteiger partial charge in [0.15, 0.2) is 5.82 Å². The van der Waals surface area contributed by atoms with E-state index in [1.165, 1.54) is 0 Å². The molecule has 0 radical (unpaired) electrons. The fraction of sp³-hybridized carbons (Fsp3) is 0.176. The molecule has 2 rings (SSSR count). The van der Waals surface area contributed by atoms with E-state index in [1.54, 1.807) is 12.1 Å². The molecule has 0 bridgehead atoms. The molecule has 19 heavy (non-hydrogen) atoms. The molecule has 0 aromatic heterocycles. The molecule has 2 heteroatoms. The van der Waals surface area contributed by atoms with E-state index in [-0.39, 0.29) is 11.9 Å². The Balaban J connectivity index is 2.25. The van der Waals surface area contributed by atoms with Crippen molar-refractivity contribution in [3.63, 3.8) is 0 Å². The highest BCUT2D eigenvalue weighted by Crippen LogP contribution is 2.26. The van der Waals surface area contributed by atoms with Gasteiger partial charge in [-0.3, -0.25) is 0 Å². The first kappa shape index (κ1) is 13.3. The van der Waals surface area contributed by atoms with Gasteiger partial charge in [0, 0.05) is 11.6 Å². The molecule has 1 N–H and O–H groups in total. The molecule has 0 saturated heterocycles. The molecule has 2 aromatic carbocycles. The van der Waals surface area contributed by atoms with Crippen molar-refractivity contribution in [1.82, 2.24) is 0 Å². The Kier molecular flexibility index (Phi) is 4.00. The van der Waals surface area contributed by atoms with E-state index >= 15 is 0 Å². The molecule has 0 amide bonds. The van der Waals surface area contributed by atoms with Crippen LogP contribution in [0.15, 0.2) is 55.1 Å². The van der Waals surface area contributed by atoms with Crippen molar-refractivity contribution in [2.75, 3.05) is 5.32 Å². The van der Waals surface area contributed by atoms with Crippen LogP contribution < -0.4 is 5.32 Å². The first-order valence-corrected chi connectivity index (χ1v) is 6.35. The molecule has 0 spiro atoms. The molecule has 0 heterocycles. The van der Waals surface area contributed by atoms with Crippen molar-refractivity contribution < 1.29 is 4.39 Å². The van der Waals surface area contributed by atoms with Crippen LogP contribution in [0, 0.1) is 5.82 Å². The third-order valence-corrected chi connectivity index (χ3v) is 3.13. The van der Waals surface area contributed by atoms with Gasteiger partial charge in [-0.05, 0) is 31.1 Å². The summed E-state index contributed by atoms with van der Waals surface area (Å²) < 4.78 is 14.3. The summed E-state index contributed by atoms with van der Waals surface area (Å²) in [6.45, 7) is 7.62. The summed E-state index contributed by atoms with van der Waals surface area (Å²) in [6, 6.07) is 15.4. The molecule has 1 nitrogen and oxygen atoms in total. The minimum absolute atomic E-state index is 0.0519. The predicted octanol–water partition coefficient (Wildman–Crippen LogP) is 5.03. The fourth-order valence-corrected chi connectivity index (χ4v) is 2.03. The molecule has 1 atom stereocenters. The Bertz CT molecular complexity index is 575. The van der Waals surface area contributed by atoms with E-state index in [4.69, 9.17) is 0 Å². The van der Waals surface area contributed by atoms with E-state index in [9.17, 15) is 4.39 Å². The quantitative estimate of drug-likeness (QED) is 0.807. The van der Waals surface area contributed by atoms with Crippen molar-refractivity contribution >= 4 is 11.3 Å². The normalized spacial score (nSPS) is 11.9. The molecule has 1 unspecified atom stereocenters. The van der Waals surface area contributed by atoms with Gasteiger partial charge < -0.3 is 5.32 Å². The third kappa shape index (κ3) is 3.02. The first-order chi connectivity index (χ1) is 9.09. The Morgan fingerprint density at radius 2 is 1.79 bits per heavy atom. The number of benzene rings is 2. The van der Waals surface area contributed by atoms with E-state index < -0.39 is 0 Å². The zero-order chi connectivity index (χ0) is 13.8. The van der Waals surface area contributed by atoms with Crippen molar-refractivity contribution in [1.29, 1.82) is 0 Å². The van der Waals surface area contributed by atoms with E-state index in [0.29, 0.717) is 11.3 Å². The van der Waals surface area contributed by atoms with Crippen LogP contribution in [0.3, 0.4) is 0 Å². The summed E-state index contributed by atoms with van der Waals surface area (Å²) in [5.41, 5.74) is 2.93. The summed E-state index contributed by atoms with van der Waals surface area (Å²) in [4.78, 5) is 0. The minimum Gasteiger partial charge on any atom is -0.376 e. The van der Waals surface area contributed by atoms with Crippen LogP contribution in [-0.4, -0.2) is 0 Å². The van der Waals surface area contributed by atoms with E-state index in [1.807, 2.05) is 50.2 Å². The smallest absolute Gasteiger partial charge is 0.153 e. The Labute approximate surface area is 113 Å². The molecule has 0 aliphatic carbocycles. The van der Waals surface area contributed by atoms with Gasteiger partial charge in [-0.2, -0.15) is 0 Å². The molecular formula is C17H18FN. The SMILES string of the molecule is C=C(C)c1cccc(NC(C)c2ccccc2)c1F. The van der Waals surface area contributed by atoms with Crippen LogP contribution in [0.25, 0.3) is 5.57 Å². The largest absolute Gasteiger partial charge is 0.376 e. The molecule has 0 aliphatic heterocycles. The highest BCUT2D eigenvalue weighted by atomic mass is 19.1. The molecule has 0 aliphatic rings. The second-order valence-corrected chi connectivity index (χ2v) is 4.72. The zero-order valence-corrected chi connectivity index (χ0v) is 11.3. The molecule has 0 fully saturated rings. The van der Waals surface area contributed by atoms with E-state index in [0.717, 1.165) is 11.1 Å². The summed E-state index contributed by atoms with van der Waals surface area (Å²) >= 11 is 0. The maximum Gasteiger partial charge on any atom is 0.153 e. The maximum absolute atomic E-state index is 14.3. The third-order valence-electron chi connectivity index (χ3n) is 3.13. The standard InChI is InChI=1S/C17H18FN/c1-12(2)15-10-7-11-16(17(15)18)19-13(3)14-8-5-4-6-9-14/h4-11,13,19H,1H2,2-3H3. The fourth-order valence-electron chi connectivity index (χ4n) is 2.03. The second kappa shape index (κ2) is 5.70. The van der Waals surface area contributed by atoms with E-state index in [2.05, 4.69) is 11.9 Å². The monoisotopic (exact) mass is 255 g/mol. The van der Waals surface area contributed by atoms with Crippen LogP contribution in [-0.2, 0) is 0 Å². The van der Waals surface area contributed by atoms with Gasteiger partial charge in [0.25, 0.3) is 0 Å². The number of nitrogens with one attached hydrogen (secondary N) is 1. The molecule has 0 saturated carbocycles. The Hall–Kier alpha value is -2.09.